The lowest BCUT2D eigenvalue weighted by Crippen LogP contribution is -2.66. The number of allylic oxidation sites excluding steroid dienone is 1. The molecule has 0 saturated heterocycles. The molecule has 3 unspecified atom stereocenters. The molecule has 0 heterocycles. The maximum Gasteiger partial charge on any atom is 0.106 e. The fourth-order valence-electron chi connectivity index (χ4n) is 8.44. The zero-order valence-corrected chi connectivity index (χ0v) is 21.7. The highest BCUT2D eigenvalue weighted by atomic mass is 16.4. The minimum absolute atomic E-state index is 0.0508. The van der Waals surface area contributed by atoms with Crippen LogP contribution in [0.2, 0.25) is 0 Å². The van der Waals surface area contributed by atoms with Gasteiger partial charge in [0.05, 0.1) is 35.2 Å². The molecule has 11 atom stereocenters. The van der Waals surface area contributed by atoms with Crippen LogP contribution in [-0.2, 0) is 0 Å². The van der Waals surface area contributed by atoms with Crippen LogP contribution >= 0.6 is 0 Å². The van der Waals surface area contributed by atoms with Gasteiger partial charge in [0.2, 0.25) is 0 Å². The zero-order chi connectivity index (χ0) is 26.1. The molecule has 0 aliphatic heterocycles. The van der Waals surface area contributed by atoms with Gasteiger partial charge in [0, 0.05) is 16.7 Å². The van der Waals surface area contributed by atoms with Crippen LogP contribution in [0.3, 0.4) is 0 Å². The van der Waals surface area contributed by atoms with Crippen molar-refractivity contribution in [1.29, 1.82) is 0 Å². The van der Waals surface area contributed by atoms with Crippen molar-refractivity contribution in [2.45, 2.75) is 115 Å². The van der Waals surface area contributed by atoms with Gasteiger partial charge in [-0.1, -0.05) is 25.9 Å². The van der Waals surface area contributed by atoms with Gasteiger partial charge in [0.25, 0.3) is 0 Å². The molecule has 3 fully saturated rings. The molecular weight excluding hydrogens is 450 g/mol. The standard InChI is InChI=1S/C27H45NO7/c1-14(20(29)8-9-24(2,3)33)15-7-11-27(34)17-12-19(28-35)18-13-21(30)22(31)23(32)26(18,5)16(17)6-10-25(15,27)4/h12,14-16,18,20-23,29-35H,6-11,13H2,1-5H3/b28-19+/t14?,15-,16?,18+,20-,21-,22+,23?,25-,26-,27-/m1/s1. The molecule has 0 aromatic carbocycles. The smallest absolute Gasteiger partial charge is 0.106 e. The summed E-state index contributed by atoms with van der Waals surface area (Å²) in [5.74, 6) is -0.705. The Morgan fingerprint density at radius 1 is 1.11 bits per heavy atom. The van der Waals surface area contributed by atoms with E-state index in [9.17, 15) is 35.8 Å². The molecule has 0 amide bonds. The number of hydrogen-bond acceptors (Lipinski definition) is 8. The highest BCUT2D eigenvalue weighted by Gasteiger charge is 2.68. The Morgan fingerprint density at radius 3 is 2.37 bits per heavy atom. The van der Waals surface area contributed by atoms with E-state index < -0.39 is 52.4 Å². The van der Waals surface area contributed by atoms with E-state index in [1.807, 2.05) is 13.8 Å². The number of hydrogen-bond donors (Lipinski definition) is 7. The summed E-state index contributed by atoms with van der Waals surface area (Å²) in [6, 6.07) is 0. The molecule has 0 aromatic heterocycles. The predicted molar refractivity (Wildman–Crippen MR) is 131 cm³/mol. The van der Waals surface area contributed by atoms with Gasteiger partial charge < -0.3 is 35.8 Å². The van der Waals surface area contributed by atoms with Crippen LogP contribution in [0, 0.1) is 34.5 Å². The van der Waals surface area contributed by atoms with Gasteiger partial charge in [-0.2, -0.15) is 0 Å². The van der Waals surface area contributed by atoms with Gasteiger partial charge in [-0.3, -0.25) is 0 Å². The van der Waals surface area contributed by atoms with Gasteiger partial charge in [-0.15, -0.1) is 0 Å². The zero-order valence-electron chi connectivity index (χ0n) is 21.7. The number of oxime groups is 1. The first kappa shape index (κ1) is 27.0. The summed E-state index contributed by atoms with van der Waals surface area (Å²) in [4.78, 5) is 0. The van der Waals surface area contributed by atoms with Crippen molar-refractivity contribution in [3.63, 3.8) is 0 Å². The number of aliphatic hydroxyl groups excluding tert-OH is 4. The summed E-state index contributed by atoms with van der Waals surface area (Å²) in [7, 11) is 0. The maximum atomic E-state index is 12.3. The predicted octanol–water partition coefficient (Wildman–Crippen LogP) is 1.97. The van der Waals surface area contributed by atoms with Gasteiger partial charge in [-0.05, 0) is 88.2 Å². The SMILES string of the molecule is CC([C@H](O)CCC(C)(C)O)[C@H]1CC[C@@]2(O)C3=C/C(=N\O)[C@@H]4C[C@@H](O)[C@H](O)C(O)[C@]4(C)C3CC[C@]12C. The van der Waals surface area contributed by atoms with E-state index >= 15 is 0 Å². The third kappa shape index (κ3) is 3.91. The summed E-state index contributed by atoms with van der Waals surface area (Å²) in [6.45, 7) is 9.46. The third-order valence-electron chi connectivity index (χ3n) is 10.8. The van der Waals surface area contributed by atoms with Crippen molar-refractivity contribution in [2.75, 3.05) is 0 Å². The topological polar surface area (TPSA) is 154 Å². The lowest BCUT2D eigenvalue weighted by atomic mass is 9.45. The molecule has 0 bridgehead atoms. The fraction of sp³-hybridized carbons (Fsp3) is 0.889. The van der Waals surface area contributed by atoms with E-state index in [4.69, 9.17) is 0 Å². The van der Waals surface area contributed by atoms with Crippen LogP contribution < -0.4 is 0 Å². The lowest BCUT2D eigenvalue weighted by molar-refractivity contribution is -0.185. The van der Waals surface area contributed by atoms with E-state index in [-0.39, 0.29) is 24.2 Å². The van der Waals surface area contributed by atoms with Crippen molar-refractivity contribution in [3.8, 4) is 0 Å². The van der Waals surface area contributed by atoms with E-state index in [1.165, 1.54) is 0 Å². The van der Waals surface area contributed by atoms with Crippen LogP contribution in [0.4, 0.5) is 0 Å². The molecule has 35 heavy (non-hydrogen) atoms. The number of rotatable bonds is 5. The Labute approximate surface area is 208 Å². The van der Waals surface area contributed by atoms with Crippen LogP contribution in [0.1, 0.15) is 79.6 Å². The third-order valence-corrected chi connectivity index (χ3v) is 10.8. The minimum Gasteiger partial charge on any atom is -0.411 e. The Hall–Kier alpha value is -1.03. The Kier molecular flexibility index (Phi) is 6.77. The highest BCUT2D eigenvalue weighted by Crippen LogP contribution is 2.68. The Bertz CT molecular complexity index is 883. The van der Waals surface area contributed by atoms with Crippen LogP contribution in [0.25, 0.3) is 0 Å². The van der Waals surface area contributed by atoms with E-state index in [0.717, 1.165) is 12.0 Å². The van der Waals surface area contributed by atoms with Gasteiger partial charge in [0.15, 0.2) is 0 Å². The Balaban J connectivity index is 1.69. The average molecular weight is 496 g/mol. The van der Waals surface area contributed by atoms with Gasteiger partial charge in [0.1, 0.15) is 6.10 Å². The number of aliphatic hydroxyl groups is 6. The van der Waals surface area contributed by atoms with Crippen molar-refractivity contribution in [2.24, 2.45) is 39.7 Å². The van der Waals surface area contributed by atoms with Crippen LogP contribution in [0.15, 0.2) is 16.8 Å². The second-order valence-electron chi connectivity index (χ2n) is 13.1. The molecular formula is C27H45NO7. The lowest BCUT2D eigenvalue weighted by Gasteiger charge is -2.62. The second kappa shape index (κ2) is 8.77. The molecule has 3 saturated carbocycles. The average Bonchev–Trinajstić information content (AvgIpc) is 3.07. The van der Waals surface area contributed by atoms with E-state index in [2.05, 4.69) is 12.1 Å². The summed E-state index contributed by atoms with van der Waals surface area (Å²) in [5, 5.41) is 78.9. The highest BCUT2D eigenvalue weighted by molar-refractivity contribution is 5.99. The molecule has 0 radical (unpaired) electrons. The first-order valence-electron chi connectivity index (χ1n) is 13.2. The molecule has 4 aliphatic rings. The molecule has 4 rings (SSSR count). The molecule has 200 valence electrons. The first-order valence-corrected chi connectivity index (χ1v) is 13.2. The summed E-state index contributed by atoms with van der Waals surface area (Å²) in [6.07, 6.45) is 1.27. The normalized spacial score (nSPS) is 48.5. The first-order chi connectivity index (χ1) is 16.1. The van der Waals surface area contributed by atoms with Crippen molar-refractivity contribution in [1.82, 2.24) is 0 Å². The Morgan fingerprint density at radius 2 is 1.77 bits per heavy atom. The van der Waals surface area contributed by atoms with Crippen LogP contribution in [0.5, 0.6) is 0 Å². The molecule has 4 aliphatic carbocycles. The summed E-state index contributed by atoms with van der Waals surface area (Å²) >= 11 is 0. The maximum absolute atomic E-state index is 12.3. The van der Waals surface area contributed by atoms with E-state index in [0.29, 0.717) is 37.8 Å². The van der Waals surface area contributed by atoms with Crippen molar-refractivity contribution < 1.29 is 35.8 Å². The van der Waals surface area contributed by atoms with Crippen molar-refractivity contribution in [3.05, 3.63) is 11.6 Å². The molecule has 0 spiro atoms. The fourth-order valence-corrected chi connectivity index (χ4v) is 8.44. The molecule has 8 heteroatoms. The molecule has 7 N–H and O–H groups in total. The number of fused-ring (bicyclic) bond motifs is 5. The number of nitrogens with zero attached hydrogens (tertiary/aromatic N) is 1. The van der Waals surface area contributed by atoms with Crippen LogP contribution in [-0.4, -0.2) is 77.2 Å². The summed E-state index contributed by atoms with van der Waals surface area (Å²) < 4.78 is 0. The molecule has 0 aromatic rings. The van der Waals surface area contributed by atoms with Gasteiger partial charge in [-0.25, -0.2) is 0 Å². The van der Waals surface area contributed by atoms with Gasteiger partial charge >= 0.3 is 0 Å². The van der Waals surface area contributed by atoms with E-state index in [1.54, 1.807) is 19.9 Å². The second-order valence-corrected chi connectivity index (χ2v) is 13.1. The largest absolute Gasteiger partial charge is 0.411 e. The summed E-state index contributed by atoms with van der Waals surface area (Å²) in [5.41, 5.74) is -2.40. The molecule has 8 nitrogen and oxygen atoms in total. The monoisotopic (exact) mass is 495 g/mol. The van der Waals surface area contributed by atoms with Crippen molar-refractivity contribution >= 4 is 5.71 Å². The minimum atomic E-state index is -1.30. The quantitative estimate of drug-likeness (QED) is 0.227.